The topological polar surface area (TPSA) is 102 Å². The summed E-state index contributed by atoms with van der Waals surface area (Å²) in [6.45, 7) is 1.15. The van der Waals surface area contributed by atoms with E-state index in [1.54, 1.807) is 0 Å². The van der Waals surface area contributed by atoms with Gasteiger partial charge in [-0.25, -0.2) is 17.8 Å². The third-order valence-electron chi connectivity index (χ3n) is 3.56. The van der Waals surface area contributed by atoms with Crippen LogP contribution >= 0.6 is 11.3 Å². The van der Waals surface area contributed by atoms with E-state index in [2.05, 4.69) is 20.2 Å². The predicted octanol–water partition coefficient (Wildman–Crippen LogP) is 3.52. The molecule has 13 heteroatoms. The molecule has 0 aliphatic rings. The van der Waals surface area contributed by atoms with Crippen LogP contribution in [-0.2, 0) is 16.6 Å². The lowest BCUT2D eigenvalue weighted by atomic mass is 10.2. The van der Waals surface area contributed by atoms with Gasteiger partial charge in [-0.05, 0) is 13.0 Å². The Kier molecular flexibility index (Phi) is 5.65. The van der Waals surface area contributed by atoms with Gasteiger partial charge in [0.05, 0.1) is 30.9 Å². The number of halogens is 3. The molecule has 3 aromatic heterocycles. The van der Waals surface area contributed by atoms with Crippen LogP contribution in [0, 0.1) is 0 Å². The number of aromatic nitrogens is 4. The summed E-state index contributed by atoms with van der Waals surface area (Å²) < 4.78 is 69.0. The third-order valence-corrected chi connectivity index (χ3v) is 5.67. The van der Waals surface area contributed by atoms with E-state index in [1.807, 2.05) is 0 Å². The maximum atomic E-state index is 13.6. The number of thiazole rings is 1. The van der Waals surface area contributed by atoms with Crippen LogP contribution in [0.3, 0.4) is 0 Å². The first-order valence-electron chi connectivity index (χ1n) is 7.78. The van der Waals surface area contributed by atoms with Gasteiger partial charge in [-0.2, -0.15) is 8.78 Å². The molecule has 0 saturated heterocycles. The minimum absolute atomic E-state index is 0.139. The smallest absolute Gasteiger partial charge is 0.314 e. The second kappa shape index (κ2) is 7.83. The number of nitrogens with zero attached hydrogens (tertiary/aromatic N) is 5. The standard InChI is InChI=1S/C15H14F3N5O3S2/c1-8(16)9-3-10(5-19-4-9)23(28(2,24)25)7-12-20-6-11(27-12)14-21-22-15(26-14)13(17)18/h3-6,8,13H,7H2,1-2H3/t8-/m0/s1. The van der Waals surface area contributed by atoms with Gasteiger partial charge in [0.15, 0.2) is 0 Å². The predicted molar refractivity (Wildman–Crippen MR) is 95.1 cm³/mol. The molecule has 0 aromatic carbocycles. The molecule has 3 aromatic rings. The maximum absolute atomic E-state index is 13.6. The van der Waals surface area contributed by atoms with E-state index in [9.17, 15) is 21.6 Å². The lowest BCUT2D eigenvalue weighted by Gasteiger charge is -2.21. The lowest BCUT2D eigenvalue weighted by molar-refractivity contribution is 0.116. The Morgan fingerprint density at radius 1 is 1.21 bits per heavy atom. The molecule has 0 aliphatic heterocycles. The van der Waals surface area contributed by atoms with Gasteiger partial charge >= 0.3 is 6.43 Å². The lowest BCUT2D eigenvalue weighted by Crippen LogP contribution is -2.29. The third kappa shape index (κ3) is 4.47. The molecule has 150 valence electrons. The molecule has 0 N–H and O–H groups in total. The van der Waals surface area contributed by atoms with Gasteiger partial charge in [0.1, 0.15) is 16.1 Å². The average molecular weight is 433 g/mol. The molecule has 1 atom stereocenters. The van der Waals surface area contributed by atoms with Crippen LogP contribution in [0.2, 0.25) is 0 Å². The Morgan fingerprint density at radius 3 is 2.57 bits per heavy atom. The number of hydrogen-bond donors (Lipinski definition) is 0. The molecule has 0 fully saturated rings. The molecule has 8 nitrogen and oxygen atoms in total. The van der Waals surface area contributed by atoms with E-state index in [0.717, 1.165) is 21.9 Å². The summed E-state index contributed by atoms with van der Waals surface area (Å²) in [5, 5.41) is 7.11. The zero-order valence-corrected chi connectivity index (χ0v) is 16.2. The monoisotopic (exact) mass is 433 g/mol. The van der Waals surface area contributed by atoms with Crippen LogP contribution < -0.4 is 4.31 Å². The van der Waals surface area contributed by atoms with E-state index in [0.29, 0.717) is 9.88 Å². The molecule has 0 radical (unpaired) electrons. The minimum Gasteiger partial charge on any atom is -0.414 e. The average Bonchev–Trinajstić information content (AvgIpc) is 3.28. The van der Waals surface area contributed by atoms with Crippen molar-refractivity contribution < 1.29 is 26.0 Å². The van der Waals surface area contributed by atoms with Crippen molar-refractivity contribution >= 4 is 27.0 Å². The minimum atomic E-state index is -3.73. The van der Waals surface area contributed by atoms with Crippen molar-refractivity contribution in [2.75, 3.05) is 10.6 Å². The summed E-state index contributed by atoms with van der Waals surface area (Å²) in [6.07, 6.45) is 0.719. The molecule has 0 bridgehead atoms. The Bertz CT molecular complexity index is 1070. The fourth-order valence-electron chi connectivity index (χ4n) is 2.23. The highest BCUT2D eigenvalue weighted by Crippen LogP contribution is 2.30. The SMILES string of the molecule is C[C@H](F)c1cncc(N(Cc2ncc(-c3nnc(C(F)F)o3)s2)S(C)(=O)=O)c1. The van der Waals surface area contributed by atoms with E-state index < -0.39 is 28.5 Å². The van der Waals surface area contributed by atoms with Crippen LogP contribution in [0.1, 0.15) is 36.0 Å². The summed E-state index contributed by atoms with van der Waals surface area (Å²) in [5.41, 5.74) is 0.412. The molecule has 0 aliphatic carbocycles. The van der Waals surface area contributed by atoms with Gasteiger partial charge in [-0.15, -0.1) is 21.5 Å². The first-order chi connectivity index (χ1) is 13.1. The van der Waals surface area contributed by atoms with E-state index in [1.165, 1.54) is 31.6 Å². The van der Waals surface area contributed by atoms with E-state index in [-0.39, 0.29) is 23.7 Å². The number of rotatable bonds is 7. The second-order valence-corrected chi connectivity index (χ2v) is 8.75. The fourth-order valence-corrected chi connectivity index (χ4v) is 3.98. The number of alkyl halides is 3. The molecule has 28 heavy (non-hydrogen) atoms. The van der Waals surface area contributed by atoms with Crippen LogP contribution in [-0.4, -0.2) is 34.8 Å². The molecule has 3 heterocycles. The van der Waals surface area contributed by atoms with Gasteiger partial charge < -0.3 is 4.42 Å². The number of anilines is 1. The summed E-state index contributed by atoms with van der Waals surface area (Å²) in [5.74, 6) is -0.953. The van der Waals surface area contributed by atoms with Crippen LogP contribution in [0.4, 0.5) is 18.9 Å². The largest absolute Gasteiger partial charge is 0.414 e. The normalized spacial score (nSPS) is 13.1. The Balaban J connectivity index is 1.88. The van der Waals surface area contributed by atoms with Crippen LogP contribution in [0.25, 0.3) is 10.8 Å². The van der Waals surface area contributed by atoms with Crippen LogP contribution in [0.5, 0.6) is 0 Å². The summed E-state index contributed by atoms with van der Waals surface area (Å²) in [4.78, 5) is 8.28. The Morgan fingerprint density at radius 2 is 1.96 bits per heavy atom. The van der Waals surface area contributed by atoms with Crippen molar-refractivity contribution in [3.8, 4) is 10.8 Å². The van der Waals surface area contributed by atoms with Gasteiger partial charge in [-0.1, -0.05) is 0 Å². The molecular weight excluding hydrogens is 419 g/mol. The summed E-state index contributed by atoms with van der Waals surface area (Å²) in [6, 6.07) is 1.39. The number of sulfonamides is 1. The fraction of sp³-hybridized carbons (Fsp3) is 0.333. The molecule has 0 unspecified atom stereocenters. The first kappa shape index (κ1) is 20.2. The van der Waals surface area contributed by atoms with Crippen molar-refractivity contribution in [1.29, 1.82) is 0 Å². The molecule has 0 spiro atoms. The van der Waals surface area contributed by atoms with Gasteiger partial charge in [-0.3, -0.25) is 9.29 Å². The zero-order chi connectivity index (χ0) is 20.5. The van der Waals surface area contributed by atoms with Crippen molar-refractivity contribution in [2.45, 2.75) is 26.1 Å². The van der Waals surface area contributed by atoms with Gasteiger partial charge in [0, 0.05) is 11.8 Å². The highest BCUT2D eigenvalue weighted by molar-refractivity contribution is 7.92. The van der Waals surface area contributed by atoms with Crippen molar-refractivity contribution in [2.24, 2.45) is 0 Å². The molecule has 3 rings (SSSR count). The highest BCUT2D eigenvalue weighted by Gasteiger charge is 2.23. The van der Waals surface area contributed by atoms with Crippen molar-refractivity contribution in [3.63, 3.8) is 0 Å². The summed E-state index contributed by atoms with van der Waals surface area (Å²) >= 11 is 1.01. The van der Waals surface area contributed by atoms with Crippen LogP contribution in [0.15, 0.2) is 29.1 Å². The van der Waals surface area contributed by atoms with Gasteiger partial charge in [0.2, 0.25) is 10.0 Å². The second-order valence-electron chi connectivity index (χ2n) is 5.73. The van der Waals surface area contributed by atoms with Gasteiger partial charge in [0.25, 0.3) is 11.8 Å². The Labute approximate surface area is 162 Å². The molecule has 0 saturated carbocycles. The summed E-state index contributed by atoms with van der Waals surface area (Å²) in [7, 11) is -3.73. The zero-order valence-electron chi connectivity index (χ0n) is 14.6. The first-order valence-corrected chi connectivity index (χ1v) is 10.4. The maximum Gasteiger partial charge on any atom is 0.314 e. The Hall–Kier alpha value is -2.54. The quantitative estimate of drug-likeness (QED) is 0.562. The van der Waals surface area contributed by atoms with Crippen molar-refractivity contribution in [3.05, 3.63) is 41.1 Å². The number of hydrogen-bond acceptors (Lipinski definition) is 8. The molecule has 0 amide bonds. The van der Waals surface area contributed by atoms with E-state index in [4.69, 9.17) is 4.42 Å². The van der Waals surface area contributed by atoms with Crippen molar-refractivity contribution in [1.82, 2.24) is 20.2 Å². The molecular formula is C15H14F3N5O3S2. The van der Waals surface area contributed by atoms with E-state index >= 15 is 0 Å². The highest BCUT2D eigenvalue weighted by atomic mass is 32.2. The number of pyridine rings is 1.